The minimum atomic E-state index is -4.74. The fraction of sp³-hybridized carbons (Fsp3) is 0.412. The van der Waals surface area contributed by atoms with E-state index in [0.717, 1.165) is 18.9 Å². The summed E-state index contributed by atoms with van der Waals surface area (Å²) in [7, 11) is 1.65. The van der Waals surface area contributed by atoms with E-state index in [9.17, 15) is 18.0 Å². The second-order valence-corrected chi connectivity index (χ2v) is 7.05. The molecule has 1 fully saturated rings. The number of nitrogens with one attached hydrogen (secondary N) is 1. The summed E-state index contributed by atoms with van der Waals surface area (Å²) in [5.74, 6) is 0. The molecule has 148 valence electrons. The average molecular weight is 411 g/mol. The molecule has 1 N–H and O–H groups in total. The number of fused-ring (bicyclic) bond motifs is 1. The molecule has 0 saturated carbocycles. The number of aromatic nitrogens is 5. The van der Waals surface area contributed by atoms with E-state index in [4.69, 9.17) is 17.0 Å². The van der Waals surface area contributed by atoms with Gasteiger partial charge >= 0.3 is 6.18 Å². The van der Waals surface area contributed by atoms with Gasteiger partial charge < -0.3 is 4.74 Å². The molecule has 4 heterocycles. The third-order valence-electron chi connectivity index (χ3n) is 4.66. The maximum atomic E-state index is 13.8. The van der Waals surface area contributed by atoms with Crippen molar-refractivity contribution >= 4 is 23.3 Å². The highest BCUT2D eigenvalue weighted by atomic mass is 32.1. The van der Waals surface area contributed by atoms with Crippen LogP contribution >= 0.6 is 12.2 Å². The molecule has 1 aliphatic heterocycles. The Balaban J connectivity index is 2.03. The molecule has 0 radical (unpaired) electrons. The van der Waals surface area contributed by atoms with E-state index in [1.807, 2.05) is 0 Å². The van der Waals surface area contributed by atoms with Crippen molar-refractivity contribution in [1.29, 1.82) is 0 Å². The maximum absolute atomic E-state index is 13.8. The van der Waals surface area contributed by atoms with Gasteiger partial charge in [0.25, 0.3) is 5.56 Å². The molecular weight excluding hydrogens is 395 g/mol. The Morgan fingerprint density at radius 2 is 2.21 bits per heavy atom. The largest absolute Gasteiger partial charge is 0.417 e. The van der Waals surface area contributed by atoms with Gasteiger partial charge in [-0.1, -0.05) is 0 Å². The van der Waals surface area contributed by atoms with Crippen LogP contribution in [0, 0.1) is 4.77 Å². The summed E-state index contributed by atoms with van der Waals surface area (Å²) in [6, 6.07) is 0.869. The van der Waals surface area contributed by atoms with Crippen molar-refractivity contribution in [3.8, 4) is 11.3 Å². The normalized spacial score (nSPS) is 17.5. The number of ether oxygens (including phenoxy) is 1. The Hall–Kier alpha value is -2.53. The topological polar surface area (TPSA) is 77.7 Å². The molecule has 0 bridgehead atoms. The monoisotopic (exact) mass is 411 g/mol. The van der Waals surface area contributed by atoms with Crippen LogP contribution in [0.5, 0.6) is 0 Å². The van der Waals surface area contributed by atoms with Crippen LogP contribution in [0.1, 0.15) is 18.4 Å². The first kappa shape index (κ1) is 18.8. The van der Waals surface area contributed by atoms with Crippen LogP contribution in [-0.2, 0) is 24.5 Å². The zero-order valence-electron chi connectivity index (χ0n) is 14.8. The molecule has 3 aromatic rings. The van der Waals surface area contributed by atoms with Crippen molar-refractivity contribution in [2.75, 3.05) is 6.61 Å². The van der Waals surface area contributed by atoms with Crippen LogP contribution in [0.2, 0.25) is 0 Å². The minimum Gasteiger partial charge on any atom is -0.376 e. The molecule has 1 atom stereocenters. The standard InChI is InChI=1S/C17H16F3N5O2S/c1-24-7-9(6-21-24)12-5-11(17(18,19)20)13-14(22-12)25(16(28)23-15(13)26)8-10-3-2-4-27-10/h5-7,10H,2-4,8H2,1H3,(H,23,26,28). The molecule has 1 aliphatic rings. The van der Waals surface area contributed by atoms with Gasteiger partial charge in [-0.15, -0.1) is 0 Å². The van der Waals surface area contributed by atoms with E-state index >= 15 is 0 Å². The molecule has 0 amide bonds. The predicted molar refractivity (Wildman–Crippen MR) is 97.4 cm³/mol. The Kier molecular flexibility index (Phi) is 4.58. The van der Waals surface area contributed by atoms with Crippen LogP contribution < -0.4 is 5.56 Å². The first-order valence-electron chi connectivity index (χ1n) is 8.60. The summed E-state index contributed by atoms with van der Waals surface area (Å²) in [5.41, 5.74) is -1.62. The Morgan fingerprint density at radius 1 is 1.43 bits per heavy atom. The molecule has 0 spiro atoms. The van der Waals surface area contributed by atoms with E-state index in [-0.39, 0.29) is 28.8 Å². The van der Waals surface area contributed by atoms with Crippen molar-refractivity contribution in [2.24, 2.45) is 7.05 Å². The number of aromatic amines is 1. The average Bonchev–Trinajstić information content (AvgIpc) is 3.28. The first-order valence-corrected chi connectivity index (χ1v) is 9.00. The SMILES string of the molecule is Cn1cc(-c2cc(C(F)(F)F)c3c(=O)[nH]c(=S)n(CC4CCCO4)c3n2)cn1. The van der Waals surface area contributed by atoms with Crippen molar-refractivity contribution in [2.45, 2.75) is 31.7 Å². The third kappa shape index (κ3) is 3.35. The van der Waals surface area contributed by atoms with Crippen molar-refractivity contribution in [1.82, 2.24) is 24.3 Å². The highest BCUT2D eigenvalue weighted by Crippen LogP contribution is 2.35. The molecule has 7 nitrogen and oxygen atoms in total. The second kappa shape index (κ2) is 6.82. The van der Waals surface area contributed by atoms with Gasteiger partial charge in [0, 0.05) is 25.4 Å². The van der Waals surface area contributed by atoms with E-state index in [1.54, 1.807) is 13.2 Å². The number of nitrogens with zero attached hydrogens (tertiary/aromatic N) is 4. The molecule has 4 rings (SSSR count). The van der Waals surface area contributed by atoms with E-state index < -0.39 is 22.7 Å². The van der Waals surface area contributed by atoms with Crippen LogP contribution in [-0.4, -0.2) is 37.0 Å². The quantitative estimate of drug-likeness (QED) is 0.671. The Labute approximate surface area is 161 Å². The number of hydrogen-bond donors (Lipinski definition) is 1. The fourth-order valence-electron chi connectivity index (χ4n) is 3.36. The summed E-state index contributed by atoms with van der Waals surface area (Å²) in [5, 5.41) is 3.45. The molecule has 0 aliphatic carbocycles. The zero-order valence-corrected chi connectivity index (χ0v) is 15.6. The summed E-state index contributed by atoms with van der Waals surface area (Å²) >= 11 is 5.22. The Bertz CT molecular complexity index is 1160. The van der Waals surface area contributed by atoms with Crippen molar-refractivity contribution in [3.63, 3.8) is 0 Å². The van der Waals surface area contributed by atoms with Gasteiger partial charge in [0.2, 0.25) is 0 Å². The maximum Gasteiger partial charge on any atom is 0.417 e. The first-order chi connectivity index (χ1) is 13.2. The molecular formula is C17H16F3N5O2S. The molecule has 1 unspecified atom stereocenters. The fourth-order valence-corrected chi connectivity index (χ4v) is 3.61. The van der Waals surface area contributed by atoms with Crippen LogP contribution in [0.3, 0.4) is 0 Å². The van der Waals surface area contributed by atoms with Gasteiger partial charge in [-0.05, 0) is 31.1 Å². The lowest BCUT2D eigenvalue weighted by molar-refractivity contribution is -0.136. The van der Waals surface area contributed by atoms with Gasteiger partial charge in [0.15, 0.2) is 4.77 Å². The summed E-state index contributed by atoms with van der Waals surface area (Å²) in [4.78, 5) is 19.1. The van der Waals surface area contributed by atoms with E-state index in [1.165, 1.54) is 15.4 Å². The zero-order chi connectivity index (χ0) is 20.1. The lowest BCUT2D eigenvalue weighted by atomic mass is 10.1. The van der Waals surface area contributed by atoms with Crippen LogP contribution in [0.25, 0.3) is 22.3 Å². The number of rotatable bonds is 3. The number of H-pyrrole nitrogens is 1. The molecule has 3 aromatic heterocycles. The third-order valence-corrected chi connectivity index (χ3v) is 4.99. The van der Waals surface area contributed by atoms with Gasteiger partial charge in [-0.2, -0.15) is 18.3 Å². The number of pyridine rings is 1. The molecule has 0 aromatic carbocycles. The summed E-state index contributed by atoms with van der Waals surface area (Å²) < 4.78 is 49.8. The van der Waals surface area contributed by atoms with Crippen LogP contribution in [0.15, 0.2) is 23.3 Å². The minimum absolute atomic E-state index is 0.0111. The van der Waals surface area contributed by atoms with Crippen molar-refractivity contribution < 1.29 is 17.9 Å². The Morgan fingerprint density at radius 3 is 2.82 bits per heavy atom. The lowest BCUT2D eigenvalue weighted by Gasteiger charge is -2.17. The van der Waals surface area contributed by atoms with Gasteiger partial charge in [-0.3, -0.25) is 19.0 Å². The molecule has 1 saturated heterocycles. The van der Waals surface area contributed by atoms with Crippen LogP contribution in [0.4, 0.5) is 13.2 Å². The second-order valence-electron chi connectivity index (χ2n) is 6.66. The highest BCUT2D eigenvalue weighted by molar-refractivity contribution is 7.71. The number of aryl methyl sites for hydroxylation is 1. The lowest BCUT2D eigenvalue weighted by Crippen LogP contribution is -2.24. The number of alkyl halides is 3. The highest BCUT2D eigenvalue weighted by Gasteiger charge is 2.36. The van der Waals surface area contributed by atoms with E-state index in [2.05, 4.69) is 15.1 Å². The van der Waals surface area contributed by atoms with Crippen molar-refractivity contribution in [3.05, 3.63) is 39.1 Å². The molecule has 28 heavy (non-hydrogen) atoms. The van der Waals surface area contributed by atoms with Gasteiger partial charge in [0.05, 0.1) is 35.5 Å². The summed E-state index contributed by atoms with van der Waals surface area (Å²) in [6.45, 7) is 0.800. The van der Waals surface area contributed by atoms with Gasteiger partial charge in [-0.25, -0.2) is 4.98 Å². The van der Waals surface area contributed by atoms with E-state index in [0.29, 0.717) is 12.2 Å². The summed E-state index contributed by atoms with van der Waals surface area (Å²) in [6.07, 6.45) is -0.339. The number of halogens is 3. The number of hydrogen-bond acceptors (Lipinski definition) is 5. The smallest absolute Gasteiger partial charge is 0.376 e. The molecule has 11 heteroatoms. The van der Waals surface area contributed by atoms with Gasteiger partial charge in [0.1, 0.15) is 5.65 Å². The predicted octanol–water partition coefficient (Wildman–Crippen LogP) is 3.05.